The van der Waals surface area contributed by atoms with Gasteiger partial charge in [-0.25, -0.2) is 0 Å². The third-order valence-electron chi connectivity index (χ3n) is 6.39. The zero-order valence-electron chi connectivity index (χ0n) is 17.5. The Balaban J connectivity index is 1.40. The number of allylic oxidation sites excluding steroid dienone is 1. The summed E-state index contributed by atoms with van der Waals surface area (Å²) in [6, 6.07) is 2.84. The maximum atomic E-state index is 14.1. The number of benzene rings is 1. The summed E-state index contributed by atoms with van der Waals surface area (Å²) >= 11 is 0. The van der Waals surface area contributed by atoms with Crippen LogP contribution >= 0.6 is 0 Å². The van der Waals surface area contributed by atoms with Gasteiger partial charge in [-0.05, 0) is 69.4 Å². The van der Waals surface area contributed by atoms with Crippen molar-refractivity contribution in [3.05, 3.63) is 36.4 Å². The maximum absolute atomic E-state index is 14.1. The lowest BCUT2D eigenvalue weighted by atomic mass is 9.76. The maximum Gasteiger partial charge on any atom is 0.204 e. The molecule has 162 valence electrons. The Labute approximate surface area is 173 Å². The molecule has 0 radical (unpaired) electrons. The number of hydrogen-bond acceptors (Lipinski definition) is 3. The van der Waals surface area contributed by atoms with Gasteiger partial charge in [-0.1, -0.05) is 18.9 Å². The Kier molecular flexibility index (Phi) is 8.34. The van der Waals surface area contributed by atoms with Crippen LogP contribution in [-0.4, -0.2) is 25.9 Å². The number of ether oxygens (including phenoxy) is 3. The fraction of sp³-hybridized carbons (Fsp3) is 0.667. The summed E-state index contributed by atoms with van der Waals surface area (Å²) in [6.45, 7) is 6.80. The highest BCUT2D eigenvalue weighted by molar-refractivity contribution is 5.35. The van der Waals surface area contributed by atoms with Crippen molar-refractivity contribution in [2.75, 3.05) is 19.8 Å². The lowest BCUT2D eigenvalue weighted by Crippen LogP contribution is -2.35. The molecule has 3 nitrogen and oxygen atoms in total. The molecule has 2 atom stereocenters. The molecule has 0 spiro atoms. The third kappa shape index (κ3) is 5.94. The van der Waals surface area contributed by atoms with Crippen molar-refractivity contribution in [3.8, 4) is 11.5 Å². The molecule has 5 heteroatoms. The van der Waals surface area contributed by atoms with Crippen LogP contribution in [0.1, 0.15) is 58.3 Å². The van der Waals surface area contributed by atoms with Crippen LogP contribution < -0.4 is 9.47 Å². The van der Waals surface area contributed by atoms with Crippen LogP contribution in [0, 0.1) is 29.4 Å². The molecule has 0 N–H and O–H groups in total. The molecule has 29 heavy (non-hydrogen) atoms. The van der Waals surface area contributed by atoms with Gasteiger partial charge in [-0.3, -0.25) is 0 Å². The van der Waals surface area contributed by atoms with Crippen molar-refractivity contribution in [1.82, 2.24) is 0 Å². The fourth-order valence-electron chi connectivity index (χ4n) is 4.63. The first-order chi connectivity index (χ1) is 14.1. The highest BCUT2D eigenvalue weighted by atomic mass is 19.2. The van der Waals surface area contributed by atoms with Crippen LogP contribution in [0.25, 0.3) is 0 Å². The van der Waals surface area contributed by atoms with Crippen molar-refractivity contribution in [2.45, 2.75) is 64.4 Å². The Morgan fingerprint density at radius 2 is 1.66 bits per heavy atom. The molecule has 1 aliphatic carbocycles. The van der Waals surface area contributed by atoms with Gasteiger partial charge in [0, 0.05) is 5.92 Å². The van der Waals surface area contributed by atoms with E-state index < -0.39 is 11.6 Å². The molecule has 2 fully saturated rings. The topological polar surface area (TPSA) is 27.7 Å². The summed E-state index contributed by atoms with van der Waals surface area (Å²) in [5, 5.41) is 0. The van der Waals surface area contributed by atoms with Gasteiger partial charge in [-0.2, -0.15) is 8.78 Å². The van der Waals surface area contributed by atoms with Gasteiger partial charge >= 0.3 is 0 Å². The summed E-state index contributed by atoms with van der Waals surface area (Å²) in [4.78, 5) is 0. The lowest BCUT2D eigenvalue weighted by molar-refractivity contribution is -0.0655. The minimum atomic E-state index is -0.993. The van der Waals surface area contributed by atoms with Crippen LogP contribution in [0.15, 0.2) is 24.8 Å². The van der Waals surface area contributed by atoms with E-state index in [9.17, 15) is 8.78 Å². The van der Waals surface area contributed by atoms with Gasteiger partial charge in [0.2, 0.25) is 11.6 Å². The van der Waals surface area contributed by atoms with E-state index in [1.165, 1.54) is 44.2 Å². The smallest absolute Gasteiger partial charge is 0.204 e. The Morgan fingerprint density at radius 3 is 2.24 bits per heavy atom. The van der Waals surface area contributed by atoms with Crippen molar-refractivity contribution in [3.63, 3.8) is 0 Å². The summed E-state index contributed by atoms with van der Waals surface area (Å²) in [6.07, 6.45) is 11.9. The molecule has 2 unspecified atom stereocenters. The van der Waals surface area contributed by atoms with E-state index in [1.807, 2.05) is 6.08 Å². The van der Waals surface area contributed by atoms with Gasteiger partial charge in [0.1, 0.15) is 0 Å². The van der Waals surface area contributed by atoms with Crippen LogP contribution in [0.3, 0.4) is 0 Å². The van der Waals surface area contributed by atoms with Gasteiger partial charge < -0.3 is 14.2 Å². The second-order valence-electron chi connectivity index (χ2n) is 8.40. The molecule has 0 bridgehead atoms. The summed E-state index contributed by atoms with van der Waals surface area (Å²) < 4.78 is 44.9. The van der Waals surface area contributed by atoms with E-state index in [-0.39, 0.29) is 24.0 Å². The van der Waals surface area contributed by atoms with E-state index in [2.05, 4.69) is 6.58 Å². The Bertz CT molecular complexity index is 648. The van der Waals surface area contributed by atoms with Crippen LogP contribution in [0.2, 0.25) is 0 Å². The van der Waals surface area contributed by atoms with Gasteiger partial charge in [0.25, 0.3) is 0 Å². The van der Waals surface area contributed by atoms with Gasteiger partial charge in [0.05, 0.1) is 25.9 Å². The van der Waals surface area contributed by atoms with Crippen molar-refractivity contribution < 1.29 is 23.0 Å². The SMILES string of the molecule is C=CCCC1CCC(C2CCC(COc3ccc(OCC)c(F)c3F)CO2)CC1. The second-order valence-corrected chi connectivity index (χ2v) is 8.40. The Morgan fingerprint density at radius 1 is 1.00 bits per heavy atom. The molecule has 1 aromatic rings. The predicted octanol–water partition coefficient (Wildman–Crippen LogP) is 6.31. The van der Waals surface area contributed by atoms with E-state index in [4.69, 9.17) is 14.2 Å². The van der Waals surface area contributed by atoms with Crippen molar-refractivity contribution in [2.24, 2.45) is 17.8 Å². The third-order valence-corrected chi connectivity index (χ3v) is 6.39. The first-order valence-corrected chi connectivity index (χ1v) is 11.1. The first-order valence-electron chi connectivity index (χ1n) is 11.1. The average molecular weight is 409 g/mol. The zero-order valence-corrected chi connectivity index (χ0v) is 17.5. The van der Waals surface area contributed by atoms with E-state index >= 15 is 0 Å². The molecule has 1 saturated heterocycles. The van der Waals surface area contributed by atoms with Crippen LogP contribution in [0.4, 0.5) is 8.78 Å². The largest absolute Gasteiger partial charge is 0.491 e. The minimum Gasteiger partial charge on any atom is -0.491 e. The normalized spacial score (nSPS) is 27.4. The van der Waals surface area contributed by atoms with E-state index in [1.54, 1.807) is 6.92 Å². The molecule has 1 saturated carbocycles. The minimum absolute atomic E-state index is 0.0640. The van der Waals surface area contributed by atoms with Crippen LogP contribution in [0.5, 0.6) is 11.5 Å². The molecule has 0 aromatic heterocycles. The summed E-state index contributed by atoms with van der Waals surface area (Å²) in [5.74, 6) is -0.407. The highest BCUT2D eigenvalue weighted by Crippen LogP contribution is 2.37. The molecule has 1 aromatic carbocycles. The number of rotatable bonds is 9. The van der Waals surface area contributed by atoms with Crippen molar-refractivity contribution in [1.29, 1.82) is 0 Å². The lowest BCUT2D eigenvalue weighted by Gasteiger charge is -2.37. The Hall–Kier alpha value is -1.62. The van der Waals surface area contributed by atoms with E-state index in [0.717, 1.165) is 25.2 Å². The monoisotopic (exact) mass is 408 g/mol. The molecular formula is C24H34F2O3. The first kappa shape index (κ1) is 22.1. The highest BCUT2D eigenvalue weighted by Gasteiger charge is 2.31. The molecule has 1 aliphatic heterocycles. The predicted molar refractivity (Wildman–Crippen MR) is 110 cm³/mol. The average Bonchev–Trinajstić information content (AvgIpc) is 2.76. The molecule has 3 rings (SSSR count). The van der Waals surface area contributed by atoms with Gasteiger partial charge in [-0.15, -0.1) is 6.58 Å². The standard InChI is InChI=1S/C24H34F2O3/c1-3-5-6-17-7-10-19(11-8-17)20-12-9-18(15-28-20)16-29-22-14-13-21(27-4-2)23(25)24(22)26/h3,13-14,17-20H,1,4-12,15-16H2,2H3. The van der Waals surface area contributed by atoms with Crippen molar-refractivity contribution >= 4 is 0 Å². The quantitative estimate of drug-likeness (QED) is 0.448. The van der Waals surface area contributed by atoms with Gasteiger partial charge in [0.15, 0.2) is 11.5 Å². The number of halogens is 2. The molecular weight excluding hydrogens is 374 g/mol. The zero-order chi connectivity index (χ0) is 20.6. The van der Waals surface area contributed by atoms with E-state index in [0.29, 0.717) is 25.2 Å². The second kappa shape index (κ2) is 11.0. The summed E-state index contributed by atoms with van der Waals surface area (Å²) in [7, 11) is 0. The molecule has 1 heterocycles. The molecule has 0 amide bonds. The summed E-state index contributed by atoms with van der Waals surface area (Å²) in [5.41, 5.74) is 0. The molecule has 2 aliphatic rings. The number of hydrogen-bond donors (Lipinski definition) is 0. The van der Waals surface area contributed by atoms with Crippen LogP contribution in [-0.2, 0) is 4.74 Å². The fourth-order valence-corrected chi connectivity index (χ4v) is 4.63.